The summed E-state index contributed by atoms with van der Waals surface area (Å²) in [6, 6.07) is 6.49. The first-order valence-corrected chi connectivity index (χ1v) is 8.73. The van der Waals surface area contributed by atoms with Gasteiger partial charge in [-0.1, -0.05) is 12.7 Å². The van der Waals surface area contributed by atoms with Gasteiger partial charge in [-0.25, -0.2) is 4.98 Å². The summed E-state index contributed by atoms with van der Waals surface area (Å²) in [4.78, 5) is 14.4. The fourth-order valence-corrected chi connectivity index (χ4v) is 2.79. The Balaban J connectivity index is 2.22. The predicted molar refractivity (Wildman–Crippen MR) is 108 cm³/mol. The van der Waals surface area contributed by atoms with Crippen molar-refractivity contribution in [1.82, 2.24) is 4.98 Å². The Morgan fingerprint density at radius 3 is 2.96 bits per heavy atom. The molecule has 2 rings (SSSR count). The van der Waals surface area contributed by atoms with E-state index in [1.807, 2.05) is 13.0 Å². The molecule has 2 aromatic rings. The SMILES string of the molecule is C=CCOc1c(I)cc(/C=N\Nc2ncccc2[N+](=O)[O-])cc1OCC. The molecule has 0 fully saturated rings. The average molecular weight is 468 g/mol. The van der Waals surface area contributed by atoms with Crippen molar-refractivity contribution in [2.75, 3.05) is 18.6 Å². The molecule has 9 heteroatoms. The quantitative estimate of drug-likeness (QED) is 0.196. The summed E-state index contributed by atoms with van der Waals surface area (Å²) in [5.41, 5.74) is 3.19. The molecular formula is C17H17IN4O4. The number of benzene rings is 1. The lowest BCUT2D eigenvalue weighted by Crippen LogP contribution is -2.02. The van der Waals surface area contributed by atoms with Gasteiger partial charge in [-0.2, -0.15) is 5.10 Å². The highest BCUT2D eigenvalue weighted by atomic mass is 127. The van der Waals surface area contributed by atoms with Crippen molar-refractivity contribution in [2.45, 2.75) is 6.92 Å². The summed E-state index contributed by atoms with van der Waals surface area (Å²) >= 11 is 2.15. The molecular weight excluding hydrogens is 451 g/mol. The molecule has 136 valence electrons. The van der Waals surface area contributed by atoms with Gasteiger partial charge in [0.25, 0.3) is 0 Å². The number of rotatable bonds is 9. The van der Waals surface area contributed by atoms with E-state index < -0.39 is 4.92 Å². The third-order valence-electron chi connectivity index (χ3n) is 3.04. The molecule has 1 aromatic heterocycles. The Morgan fingerprint density at radius 1 is 1.46 bits per heavy atom. The fourth-order valence-electron chi connectivity index (χ4n) is 2.01. The van der Waals surface area contributed by atoms with Crippen molar-refractivity contribution in [3.63, 3.8) is 0 Å². The first-order valence-electron chi connectivity index (χ1n) is 7.65. The molecule has 0 aliphatic heterocycles. The Kier molecular flexibility index (Phi) is 7.33. The number of hydrazone groups is 1. The zero-order valence-electron chi connectivity index (χ0n) is 14.0. The van der Waals surface area contributed by atoms with Crippen LogP contribution >= 0.6 is 22.6 Å². The lowest BCUT2D eigenvalue weighted by atomic mass is 10.2. The van der Waals surface area contributed by atoms with E-state index in [2.05, 4.69) is 44.7 Å². The third-order valence-corrected chi connectivity index (χ3v) is 3.85. The maximum absolute atomic E-state index is 11.0. The second-order valence-corrected chi connectivity index (χ2v) is 6.02. The van der Waals surface area contributed by atoms with Gasteiger partial charge in [-0.15, -0.1) is 0 Å². The zero-order valence-corrected chi connectivity index (χ0v) is 16.2. The lowest BCUT2D eigenvalue weighted by Gasteiger charge is -2.13. The molecule has 0 atom stereocenters. The van der Waals surface area contributed by atoms with E-state index in [0.717, 1.165) is 9.13 Å². The van der Waals surface area contributed by atoms with Gasteiger partial charge < -0.3 is 9.47 Å². The van der Waals surface area contributed by atoms with E-state index in [9.17, 15) is 10.1 Å². The molecule has 0 radical (unpaired) electrons. The molecule has 0 amide bonds. The van der Waals surface area contributed by atoms with Crippen LogP contribution in [-0.4, -0.2) is 29.3 Å². The minimum atomic E-state index is -0.521. The highest BCUT2D eigenvalue weighted by Crippen LogP contribution is 2.34. The van der Waals surface area contributed by atoms with Crippen LogP contribution in [0.15, 0.2) is 48.2 Å². The highest BCUT2D eigenvalue weighted by Gasteiger charge is 2.14. The molecule has 8 nitrogen and oxygen atoms in total. The highest BCUT2D eigenvalue weighted by molar-refractivity contribution is 14.1. The molecule has 0 aliphatic carbocycles. The van der Waals surface area contributed by atoms with E-state index in [1.165, 1.54) is 24.5 Å². The van der Waals surface area contributed by atoms with Crippen molar-refractivity contribution in [2.24, 2.45) is 5.10 Å². The molecule has 0 saturated carbocycles. The lowest BCUT2D eigenvalue weighted by molar-refractivity contribution is -0.384. The van der Waals surface area contributed by atoms with Gasteiger partial charge in [-0.05, 0) is 53.3 Å². The molecule has 26 heavy (non-hydrogen) atoms. The van der Waals surface area contributed by atoms with Crippen LogP contribution in [0, 0.1) is 13.7 Å². The van der Waals surface area contributed by atoms with Gasteiger partial charge in [0.05, 0.1) is 21.3 Å². The van der Waals surface area contributed by atoms with E-state index in [1.54, 1.807) is 12.1 Å². The molecule has 0 spiro atoms. The molecule has 1 aromatic carbocycles. The Morgan fingerprint density at radius 2 is 2.27 bits per heavy atom. The number of pyridine rings is 1. The molecule has 0 unspecified atom stereocenters. The maximum Gasteiger partial charge on any atom is 0.313 e. The number of aromatic nitrogens is 1. The van der Waals surface area contributed by atoms with Crippen LogP contribution in [0.2, 0.25) is 0 Å². The summed E-state index contributed by atoms with van der Waals surface area (Å²) in [5.74, 6) is 1.30. The van der Waals surface area contributed by atoms with Crippen LogP contribution in [0.4, 0.5) is 11.5 Å². The van der Waals surface area contributed by atoms with Crippen molar-refractivity contribution in [3.8, 4) is 11.5 Å². The average Bonchev–Trinajstić information content (AvgIpc) is 2.61. The number of hydrogen-bond acceptors (Lipinski definition) is 7. The molecule has 0 saturated heterocycles. The Hall–Kier alpha value is -2.69. The monoisotopic (exact) mass is 468 g/mol. The third kappa shape index (κ3) is 5.15. The molecule has 1 heterocycles. The smallest absolute Gasteiger partial charge is 0.313 e. The first kappa shape index (κ1) is 19.6. The van der Waals surface area contributed by atoms with Crippen LogP contribution in [0.1, 0.15) is 12.5 Å². The normalized spacial score (nSPS) is 10.5. The fraction of sp³-hybridized carbons (Fsp3) is 0.176. The predicted octanol–water partition coefficient (Wildman–Crippen LogP) is 4.00. The number of halogens is 1. The number of nitrogens with zero attached hydrogens (tertiary/aromatic N) is 3. The maximum atomic E-state index is 11.0. The van der Waals surface area contributed by atoms with Crippen molar-refractivity contribution < 1.29 is 14.4 Å². The molecule has 1 N–H and O–H groups in total. The number of ether oxygens (including phenoxy) is 2. The van der Waals surface area contributed by atoms with Crippen LogP contribution in [0.5, 0.6) is 11.5 Å². The van der Waals surface area contributed by atoms with Crippen LogP contribution in [0.3, 0.4) is 0 Å². The first-order chi connectivity index (χ1) is 12.6. The van der Waals surface area contributed by atoms with Gasteiger partial charge in [-0.3, -0.25) is 15.5 Å². The summed E-state index contributed by atoms with van der Waals surface area (Å²) in [7, 11) is 0. The van der Waals surface area contributed by atoms with Gasteiger partial charge in [0, 0.05) is 12.3 Å². The van der Waals surface area contributed by atoms with E-state index >= 15 is 0 Å². The standard InChI is InChI=1S/C17H17IN4O4/c1-3-8-26-16-13(18)9-12(10-15(16)25-4-2)11-20-21-17-14(22(23)24)6-5-7-19-17/h3,5-7,9-11H,1,4,8H2,2H3,(H,19,21)/b20-11-. The van der Waals surface area contributed by atoms with E-state index in [-0.39, 0.29) is 11.5 Å². The van der Waals surface area contributed by atoms with Gasteiger partial charge in [0.2, 0.25) is 5.82 Å². The summed E-state index contributed by atoms with van der Waals surface area (Å²) in [6.45, 7) is 6.37. The van der Waals surface area contributed by atoms with E-state index in [0.29, 0.717) is 24.7 Å². The zero-order chi connectivity index (χ0) is 18.9. The Bertz CT molecular complexity index is 826. The van der Waals surface area contributed by atoms with Gasteiger partial charge in [0.1, 0.15) is 6.61 Å². The van der Waals surface area contributed by atoms with Crippen molar-refractivity contribution in [3.05, 3.63) is 62.4 Å². The summed E-state index contributed by atoms with van der Waals surface area (Å²) in [6.07, 6.45) is 4.64. The second kappa shape index (κ2) is 9.70. The van der Waals surface area contributed by atoms with E-state index in [4.69, 9.17) is 9.47 Å². The Labute approximate surface area is 164 Å². The molecule has 0 aliphatic rings. The van der Waals surface area contributed by atoms with Gasteiger partial charge in [0.15, 0.2) is 11.5 Å². The number of hydrogen-bond donors (Lipinski definition) is 1. The van der Waals surface area contributed by atoms with Gasteiger partial charge >= 0.3 is 5.69 Å². The summed E-state index contributed by atoms with van der Waals surface area (Å²) < 4.78 is 12.1. The summed E-state index contributed by atoms with van der Waals surface area (Å²) in [5, 5.41) is 15.0. The minimum Gasteiger partial charge on any atom is -0.490 e. The van der Waals surface area contributed by atoms with Crippen LogP contribution in [0.25, 0.3) is 0 Å². The van der Waals surface area contributed by atoms with Crippen LogP contribution < -0.4 is 14.9 Å². The second-order valence-electron chi connectivity index (χ2n) is 4.86. The van der Waals surface area contributed by atoms with Crippen LogP contribution in [-0.2, 0) is 0 Å². The minimum absolute atomic E-state index is 0.0689. The largest absolute Gasteiger partial charge is 0.490 e. The molecule has 0 bridgehead atoms. The number of nitrogens with one attached hydrogen (secondary N) is 1. The number of anilines is 1. The number of nitro groups is 1. The van der Waals surface area contributed by atoms with Crippen molar-refractivity contribution >= 4 is 40.3 Å². The topological polar surface area (TPSA) is 98.9 Å². The van der Waals surface area contributed by atoms with Crippen molar-refractivity contribution in [1.29, 1.82) is 0 Å².